The van der Waals surface area contributed by atoms with Crippen LogP contribution in [-0.4, -0.2) is 73.1 Å². The van der Waals surface area contributed by atoms with E-state index in [2.05, 4.69) is 30.5 Å². The predicted molar refractivity (Wildman–Crippen MR) is 134 cm³/mol. The number of nitrogens with zero attached hydrogens (tertiary/aromatic N) is 6. The highest BCUT2D eigenvalue weighted by atomic mass is 16.6. The van der Waals surface area contributed by atoms with E-state index in [-0.39, 0.29) is 35.4 Å². The minimum absolute atomic E-state index is 0.0314. The number of aryl methyl sites for hydroxylation is 1. The highest BCUT2D eigenvalue weighted by molar-refractivity contribution is 5.83. The second-order valence-corrected chi connectivity index (χ2v) is 8.58. The number of rotatable bonds is 10. The van der Waals surface area contributed by atoms with Crippen molar-refractivity contribution in [1.82, 2.24) is 24.8 Å². The minimum Gasteiger partial charge on any atom is -0.466 e. The first kappa shape index (κ1) is 27.0. The Kier molecular flexibility index (Phi) is 8.55. The van der Waals surface area contributed by atoms with Crippen LogP contribution in [0.5, 0.6) is 0 Å². The van der Waals surface area contributed by atoms with Gasteiger partial charge in [0.1, 0.15) is 17.7 Å². The lowest BCUT2D eigenvalue weighted by atomic mass is 10.1. The van der Waals surface area contributed by atoms with Gasteiger partial charge in [0.15, 0.2) is 23.8 Å². The molecule has 3 heterocycles. The lowest BCUT2D eigenvalue weighted by Gasteiger charge is -2.16. The van der Waals surface area contributed by atoms with E-state index in [0.29, 0.717) is 26.0 Å². The molecule has 0 bridgehead atoms. The van der Waals surface area contributed by atoms with Crippen molar-refractivity contribution in [3.63, 3.8) is 0 Å². The number of aliphatic hydroxyl groups is 2. The molecule has 4 rings (SSSR count). The quantitative estimate of drug-likeness (QED) is 0.218. The van der Waals surface area contributed by atoms with Gasteiger partial charge in [-0.15, -0.1) is 5.11 Å². The number of hydrogen-bond donors (Lipinski definition) is 4. The molecule has 0 saturated carbocycles. The van der Waals surface area contributed by atoms with Crippen LogP contribution < -0.4 is 11.1 Å². The molecule has 1 saturated heterocycles. The van der Waals surface area contributed by atoms with Crippen molar-refractivity contribution >= 4 is 34.8 Å². The first-order valence-corrected chi connectivity index (χ1v) is 12.2. The minimum atomic E-state index is -1.45. The van der Waals surface area contributed by atoms with Gasteiger partial charge < -0.3 is 30.7 Å². The van der Waals surface area contributed by atoms with Gasteiger partial charge in [-0.05, 0) is 31.4 Å². The van der Waals surface area contributed by atoms with Crippen LogP contribution >= 0.6 is 0 Å². The fraction of sp³-hybridized carbons (Fsp3) is 0.458. The zero-order valence-corrected chi connectivity index (χ0v) is 21.0. The number of azo groups is 1. The van der Waals surface area contributed by atoms with Crippen molar-refractivity contribution in [3.8, 4) is 0 Å². The van der Waals surface area contributed by atoms with Gasteiger partial charge in [-0.25, -0.2) is 4.98 Å². The van der Waals surface area contributed by atoms with Crippen molar-refractivity contribution in [2.45, 2.75) is 57.8 Å². The van der Waals surface area contributed by atoms with Crippen molar-refractivity contribution < 1.29 is 29.3 Å². The van der Waals surface area contributed by atoms with Crippen LogP contribution in [0.3, 0.4) is 0 Å². The van der Waals surface area contributed by atoms with E-state index in [4.69, 9.17) is 15.2 Å². The van der Waals surface area contributed by atoms with Gasteiger partial charge in [0.2, 0.25) is 0 Å². The molecule has 1 fully saturated rings. The summed E-state index contributed by atoms with van der Waals surface area (Å²) in [7, 11) is 0. The molecule has 38 heavy (non-hydrogen) atoms. The number of nitrogens with two attached hydrogens (primary N) is 1. The van der Waals surface area contributed by atoms with Gasteiger partial charge in [0, 0.05) is 13.0 Å². The number of carbonyl (C=O) groups excluding carboxylic acids is 2. The standard InChI is InChI=1S/C24H30N8O6/c1-3-26-22(36)19-17(34)18(35)23(38-19)32-12-27-16-20(25)29-24(30-21(16)32)31-28-11-14-7-5-13(6-8-14)9-10-15(33)37-4-2/h5-8,12,17-19,23,34-35H,3-4,9-11H2,1-2H3,(H,26,36)(H2,25,29,30)/t17-,18+,19-,23+/m0/s1. The van der Waals surface area contributed by atoms with Gasteiger partial charge in [-0.1, -0.05) is 24.3 Å². The molecule has 0 spiro atoms. The number of nitrogen functional groups attached to an aromatic ring is 1. The monoisotopic (exact) mass is 526 g/mol. The Labute approximate surface area is 217 Å². The van der Waals surface area contributed by atoms with Gasteiger partial charge in [-0.3, -0.25) is 14.2 Å². The summed E-state index contributed by atoms with van der Waals surface area (Å²) in [4.78, 5) is 36.4. The molecule has 1 aliphatic heterocycles. The number of aliphatic hydroxyl groups excluding tert-OH is 2. The number of ether oxygens (including phenoxy) is 2. The number of hydrogen-bond acceptors (Lipinski definition) is 12. The molecule has 0 unspecified atom stereocenters. The predicted octanol–water partition coefficient (Wildman–Crippen LogP) is 0.943. The van der Waals surface area contributed by atoms with Crippen molar-refractivity contribution in [3.05, 3.63) is 41.7 Å². The number of anilines is 1. The molecule has 1 aliphatic rings. The Morgan fingerprint density at radius 2 is 1.89 bits per heavy atom. The molecule has 202 valence electrons. The first-order chi connectivity index (χ1) is 18.3. The number of imidazole rings is 1. The zero-order valence-electron chi connectivity index (χ0n) is 21.0. The molecule has 14 nitrogen and oxygen atoms in total. The van der Waals surface area contributed by atoms with E-state index in [0.717, 1.165) is 11.1 Å². The second-order valence-electron chi connectivity index (χ2n) is 8.58. The largest absolute Gasteiger partial charge is 0.466 e. The van der Waals surface area contributed by atoms with E-state index < -0.39 is 30.4 Å². The highest BCUT2D eigenvalue weighted by Crippen LogP contribution is 2.32. The molecule has 14 heteroatoms. The Balaban J connectivity index is 1.46. The highest BCUT2D eigenvalue weighted by Gasteiger charge is 2.47. The molecule has 5 N–H and O–H groups in total. The van der Waals surface area contributed by atoms with E-state index in [1.807, 2.05) is 24.3 Å². The summed E-state index contributed by atoms with van der Waals surface area (Å²) in [5.74, 6) is -0.755. The lowest BCUT2D eigenvalue weighted by molar-refractivity contribution is -0.143. The van der Waals surface area contributed by atoms with Gasteiger partial charge >= 0.3 is 5.97 Å². The van der Waals surface area contributed by atoms with E-state index in [9.17, 15) is 19.8 Å². The first-order valence-electron chi connectivity index (χ1n) is 12.2. The lowest BCUT2D eigenvalue weighted by Crippen LogP contribution is -2.42. The van der Waals surface area contributed by atoms with Gasteiger partial charge in [-0.2, -0.15) is 15.1 Å². The maximum Gasteiger partial charge on any atom is 0.306 e. The maximum absolute atomic E-state index is 12.2. The van der Waals surface area contributed by atoms with Crippen LogP contribution in [0, 0.1) is 0 Å². The Morgan fingerprint density at radius 3 is 2.61 bits per heavy atom. The number of esters is 1. The third-order valence-corrected chi connectivity index (χ3v) is 5.92. The van der Waals surface area contributed by atoms with Crippen LogP contribution in [-0.2, 0) is 32.0 Å². The number of nitrogens with one attached hydrogen (secondary N) is 1. The number of amides is 1. The third kappa shape index (κ3) is 5.93. The van der Waals surface area contributed by atoms with Crippen LogP contribution in [0.2, 0.25) is 0 Å². The molecule has 1 amide bonds. The van der Waals surface area contributed by atoms with E-state index >= 15 is 0 Å². The molecule has 2 aromatic heterocycles. The van der Waals surface area contributed by atoms with Gasteiger partial charge in [0.25, 0.3) is 11.9 Å². The SMILES string of the molecule is CCNC(=O)[C@H]1O[C@@H](n2cnc3c(N)nc(N=NCc4ccc(CCC(=O)OCC)cc4)nc32)[C@H](O)[C@@H]1O. The average molecular weight is 527 g/mol. The van der Waals surface area contributed by atoms with Crippen molar-refractivity contribution in [1.29, 1.82) is 0 Å². The fourth-order valence-electron chi connectivity index (χ4n) is 4.01. The number of aromatic nitrogens is 4. The summed E-state index contributed by atoms with van der Waals surface area (Å²) in [5, 5.41) is 31.7. The molecule has 4 atom stereocenters. The summed E-state index contributed by atoms with van der Waals surface area (Å²) in [6, 6.07) is 7.61. The normalized spacial score (nSPS) is 21.3. The molecule has 0 radical (unpaired) electrons. The fourth-order valence-corrected chi connectivity index (χ4v) is 4.01. The Morgan fingerprint density at radius 1 is 1.16 bits per heavy atom. The average Bonchev–Trinajstić information content (AvgIpc) is 3.45. The van der Waals surface area contributed by atoms with E-state index in [1.54, 1.807) is 13.8 Å². The number of carbonyl (C=O) groups is 2. The number of fused-ring (bicyclic) bond motifs is 1. The zero-order chi connectivity index (χ0) is 27.2. The Bertz CT molecular complexity index is 1310. The van der Waals surface area contributed by atoms with Crippen molar-refractivity contribution in [2.75, 3.05) is 18.9 Å². The van der Waals surface area contributed by atoms with Crippen LogP contribution in [0.25, 0.3) is 11.2 Å². The maximum atomic E-state index is 12.2. The van der Waals surface area contributed by atoms with Gasteiger partial charge in [0.05, 0.1) is 19.5 Å². The number of benzene rings is 1. The molecular weight excluding hydrogens is 496 g/mol. The van der Waals surface area contributed by atoms with Crippen LogP contribution in [0.15, 0.2) is 40.8 Å². The summed E-state index contributed by atoms with van der Waals surface area (Å²) in [6.45, 7) is 4.47. The van der Waals surface area contributed by atoms with Crippen LogP contribution in [0.4, 0.5) is 11.8 Å². The molecular formula is C24H30N8O6. The molecule has 1 aromatic carbocycles. The number of likely N-dealkylation sites (N-methyl/N-ethyl adjacent to an activating group) is 1. The third-order valence-electron chi connectivity index (χ3n) is 5.92. The summed E-state index contributed by atoms with van der Waals surface area (Å²) >= 11 is 0. The van der Waals surface area contributed by atoms with Crippen molar-refractivity contribution in [2.24, 2.45) is 10.2 Å². The second kappa shape index (κ2) is 12.0. The topological polar surface area (TPSA) is 199 Å². The van der Waals surface area contributed by atoms with Crippen LogP contribution in [0.1, 0.15) is 37.6 Å². The van der Waals surface area contributed by atoms with E-state index in [1.165, 1.54) is 10.9 Å². The Hall–Kier alpha value is -4.01. The smallest absolute Gasteiger partial charge is 0.306 e. The summed E-state index contributed by atoms with van der Waals surface area (Å²) in [5.41, 5.74) is 8.37. The molecule has 3 aromatic rings. The summed E-state index contributed by atoms with van der Waals surface area (Å²) in [6.07, 6.45) is -3.02. The summed E-state index contributed by atoms with van der Waals surface area (Å²) < 4.78 is 12.0. The molecule has 0 aliphatic carbocycles.